The molecule has 2 rings (SSSR count). The molecule has 1 unspecified atom stereocenters. The van der Waals surface area contributed by atoms with Crippen molar-refractivity contribution in [2.45, 2.75) is 19.9 Å². The van der Waals surface area contributed by atoms with Gasteiger partial charge in [-0.15, -0.1) is 0 Å². The van der Waals surface area contributed by atoms with Crippen molar-refractivity contribution in [2.75, 3.05) is 0 Å². The van der Waals surface area contributed by atoms with Crippen molar-refractivity contribution in [1.29, 1.82) is 0 Å². The second-order valence-corrected chi connectivity index (χ2v) is 5.04. The Morgan fingerprint density at radius 2 is 1.89 bits per heavy atom. The van der Waals surface area contributed by atoms with E-state index in [4.69, 9.17) is 17.4 Å². The molecule has 0 heterocycles. The first-order valence-electron chi connectivity index (χ1n) is 6.01. The molecule has 0 aliphatic heterocycles. The van der Waals surface area contributed by atoms with Crippen molar-refractivity contribution in [3.8, 4) is 0 Å². The van der Waals surface area contributed by atoms with Crippen LogP contribution in [-0.4, -0.2) is 0 Å². The Morgan fingerprint density at radius 3 is 2.47 bits per heavy atom. The number of rotatable bonds is 3. The summed E-state index contributed by atoms with van der Waals surface area (Å²) in [4.78, 5) is 0. The second-order valence-electron chi connectivity index (χ2n) is 4.63. The van der Waals surface area contributed by atoms with E-state index in [1.165, 1.54) is 6.07 Å². The molecular weight excluding hydrogens is 263 g/mol. The summed E-state index contributed by atoms with van der Waals surface area (Å²) in [6, 6.07) is 10.3. The quantitative estimate of drug-likeness (QED) is 0.664. The van der Waals surface area contributed by atoms with E-state index >= 15 is 0 Å². The van der Waals surface area contributed by atoms with Gasteiger partial charge in [-0.2, -0.15) is 0 Å². The van der Waals surface area contributed by atoms with E-state index < -0.39 is 6.04 Å². The topological polar surface area (TPSA) is 38.0 Å². The fourth-order valence-electron chi connectivity index (χ4n) is 2.02. The minimum absolute atomic E-state index is 0.278. The molecule has 100 valence electrons. The number of benzene rings is 2. The van der Waals surface area contributed by atoms with Gasteiger partial charge in [-0.25, -0.2) is 9.82 Å². The van der Waals surface area contributed by atoms with Gasteiger partial charge in [0.2, 0.25) is 0 Å². The number of nitrogens with two attached hydrogens (primary N) is 1. The molecule has 0 spiro atoms. The Balaban J connectivity index is 2.46. The van der Waals surface area contributed by atoms with Gasteiger partial charge in [-0.3, -0.25) is 5.84 Å². The summed E-state index contributed by atoms with van der Waals surface area (Å²) < 4.78 is 14.0. The molecule has 0 bridgehead atoms. The predicted molar refractivity (Wildman–Crippen MR) is 76.5 cm³/mol. The van der Waals surface area contributed by atoms with Crippen LogP contribution in [-0.2, 0) is 0 Å². The van der Waals surface area contributed by atoms with Gasteiger partial charge in [0.1, 0.15) is 5.82 Å². The zero-order valence-corrected chi connectivity index (χ0v) is 11.6. The number of halogens is 2. The van der Waals surface area contributed by atoms with Gasteiger partial charge in [0.05, 0.1) is 6.04 Å². The Labute approximate surface area is 117 Å². The Kier molecular flexibility index (Phi) is 4.20. The van der Waals surface area contributed by atoms with Crippen molar-refractivity contribution in [1.82, 2.24) is 5.43 Å². The summed E-state index contributed by atoms with van der Waals surface area (Å²) >= 11 is 6.11. The van der Waals surface area contributed by atoms with Crippen LogP contribution in [0.2, 0.25) is 5.02 Å². The van der Waals surface area contributed by atoms with E-state index in [1.54, 1.807) is 12.1 Å². The summed E-state index contributed by atoms with van der Waals surface area (Å²) in [5.41, 5.74) is 5.84. The van der Waals surface area contributed by atoms with Crippen LogP contribution >= 0.6 is 11.6 Å². The van der Waals surface area contributed by atoms with E-state index in [0.717, 1.165) is 16.7 Å². The van der Waals surface area contributed by atoms with Crippen LogP contribution in [0.1, 0.15) is 28.3 Å². The Hall–Kier alpha value is -1.42. The molecule has 0 saturated heterocycles. The first kappa shape index (κ1) is 14.0. The maximum Gasteiger partial charge on any atom is 0.128 e. The molecule has 4 heteroatoms. The van der Waals surface area contributed by atoms with E-state index in [9.17, 15) is 4.39 Å². The molecule has 0 saturated carbocycles. The third kappa shape index (κ3) is 2.95. The van der Waals surface area contributed by atoms with Gasteiger partial charge in [0.15, 0.2) is 0 Å². The van der Waals surface area contributed by atoms with E-state index in [2.05, 4.69) is 5.43 Å². The minimum atomic E-state index is -0.418. The molecule has 19 heavy (non-hydrogen) atoms. The van der Waals surface area contributed by atoms with Crippen LogP contribution in [0.25, 0.3) is 0 Å². The lowest BCUT2D eigenvalue weighted by molar-refractivity contribution is 0.559. The molecule has 1 atom stereocenters. The highest BCUT2D eigenvalue weighted by Crippen LogP contribution is 2.27. The average molecular weight is 279 g/mol. The SMILES string of the molecule is Cc1ccc(C(NN)c2ccc(C)c(Cl)c2)c(F)c1. The molecule has 0 radical (unpaired) electrons. The second kappa shape index (κ2) is 5.70. The van der Waals surface area contributed by atoms with Gasteiger partial charge in [-0.05, 0) is 42.7 Å². The third-order valence-corrected chi connectivity index (χ3v) is 3.57. The van der Waals surface area contributed by atoms with Gasteiger partial charge in [0, 0.05) is 10.6 Å². The normalized spacial score (nSPS) is 12.5. The van der Waals surface area contributed by atoms with Crippen LogP contribution in [0.15, 0.2) is 36.4 Å². The minimum Gasteiger partial charge on any atom is -0.271 e. The lowest BCUT2D eigenvalue weighted by atomic mass is 9.97. The van der Waals surface area contributed by atoms with Crippen molar-refractivity contribution >= 4 is 11.6 Å². The third-order valence-electron chi connectivity index (χ3n) is 3.16. The largest absolute Gasteiger partial charge is 0.271 e. The number of hydrogen-bond donors (Lipinski definition) is 2. The van der Waals surface area contributed by atoms with Crippen molar-refractivity contribution in [3.05, 3.63) is 69.5 Å². The van der Waals surface area contributed by atoms with Crippen LogP contribution in [0.4, 0.5) is 4.39 Å². The van der Waals surface area contributed by atoms with Crippen LogP contribution in [0.3, 0.4) is 0 Å². The van der Waals surface area contributed by atoms with E-state index in [-0.39, 0.29) is 5.82 Å². The molecule has 2 aromatic carbocycles. The highest BCUT2D eigenvalue weighted by atomic mass is 35.5. The first-order chi connectivity index (χ1) is 9.02. The predicted octanol–water partition coefficient (Wildman–Crippen LogP) is 3.65. The Morgan fingerprint density at radius 1 is 1.16 bits per heavy atom. The maximum absolute atomic E-state index is 14.0. The molecule has 0 aromatic heterocycles. The lowest BCUT2D eigenvalue weighted by Gasteiger charge is -2.18. The zero-order chi connectivity index (χ0) is 14.0. The van der Waals surface area contributed by atoms with Gasteiger partial charge in [0.25, 0.3) is 0 Å². The Bertz CT molecular complexity index is 599. The molecule has 0 aliphatic carbocycles. The van der Waals surface area contributed by atoms with Crippen LogP contribution in [0, 0.1) is 19.7 Å². The van der Waals surface area contributed by atoms with Crippen molar-refractivity contribution in [3.63, 3.8) is 0 Å². The molecular formula is C15H16ClFN2. The monoisotopic (exact) mass is 278 g/mol. The van der Waals surface area contributed by atoms with Crippen LogP contribution < -0.4 is 11.3 Å². The zero-order valence-electron chi connectivity index (χ0n) is 10.9. The fraction of sp³-hybridized carbons (Fsp3) is 0.200. The number of aryl methyl sites for hydroxylation is 2. The molecule has 2 nitrogen and oxygen atoms in total. The molecule has 2 aromatic rings. The summed E-state index contributed by atoms with van der Waals surface area (Å²) in [5.74, 6) is 5.29. The number of nitrogens with one attached hydrogen (secondary N) is 1. The van der Waals surface area contributed by atoms with E-state index in [1.807, 2.05) is 32.0 Å². The lowest BCUT2D eigenvalue weighted by Crippen LogP contribution is -2.29. The van der Waals surface area contributed by atoms with Gasteiger partial charge in [-0.1, -0.05) is 35.9 Å². The number of hydrazine groups is 1. The molecule has 0 fully saturated rings. The smallest absolute Gasteiger partial charge is 0.128 e. The summed E-state index contributed by atoms with van der Waals surface area (Å²) in [6.07, 6.45) is 0. The molecule has 3 N–H and O–H groups in total. The van der Waals surface area contributed by atoms with Gasteiger partial charge >= 0.3 is 0 Å². The van der Waals surface area contributed by atoms with Crippen LogP contribution in [0.5, 0.6) is 0 Å². The summed E-state index contributed by atoms with van der Waals surface area (Å²) in [7, 11) is 0. The first-order valence-corrected chi connectivity index (χ1v) is 6.39. The fourth-order valence-corrected chi connectivity index (χ4v) is 2.21. The highest BCUT2D eigenvalue weighted by molar-refractivity contribution is 6.31. The standard InChI is InChI=1S/C15H16ClFN2/c1-9-3-6-12(14(17)7-9)15(19-18)11-5-4-10(2)13(16)8-11/h3-8,15,19H,18H2,1-2H3. The molecule has 0 aliphatic rings. The molecule has 0 amide bonds. The van der Waals surface area contributed by atoms with E-state index in [0.29, 0.717) is 10.6 Å². The van der Waals surface area contributed by atoms with Crippen molar-refractivity contribution < 1.29 is 4.39 Å². The van der Waals surface area contributed by atoms with Crippen molar-refractivity contribution in [2.24, 2.45) is 5.84 Å². The average Bonchev–Trinajstić information content (AvgIpc) is 2.37. The highest BCUT2D eigenvalue weighted by Gasteiger charge is 2.17. The summed E-state index contributed by atoms with van der Waals surface area (Å²) in [6.45, 7) is 3.77. The maximum atomic E-state index is 14.0. The number of hydrogen-bond acceptors (Lipinski definition) is 2. The van der Waals surface area contributed by atoms with Gasteiger partial charge < -0.3 is 0 Å². The summed E-state index contributed by atoms with van der Waals surface area (Å²) in [5, 5.41) is 0.644.